The SMILES string of the molecule is O=C(CO)[C@@H](O)[C@H](O)C(O)CO. The molecule has 0 radical (unpaired) electrons. The predicted molar refractivity (Wildman–Crippen MR) is 37.2 cm³/mol. The Labute approximate surface area is 68.7 Å². The average molecular weight is 180 g/mol. The van der Waals surface area contributed by atoms with Crippen molar-refractivity contribution >= 4 is 5.78 Å². The third kappa shape index (κ3) is 2.84. The van der Waals surface area contributed by atoms with E-state index in [0.29, 0.717) is 0 Å². The molecular formula is C6H12O6. The van der Waals surface area contributed by atoms with Gasteiger partial charge in [0.1, 0.15) is 24.9 Å². The van der Waals surface area contributed by atoms with Gasteiger partial charge in [-0.2, -0.15) is 0 Å². The summed E-state index contributed by atoms with van der Waals surface area (Å²) in [7, 11) is 0. The van der Waals surface area contributed by atoms with E-state index in [0.717, 1.165) is 0 Å². The van der Waals surface area contributed by atoms with E-state index in [2.05, 4.69) is 0 Å². The van der Waals surface area contributed by atoms with Gasteiger partial charge in [-0.1, -0.05) is 0 Å². The number of hydrogen-bond donors (Lipinski definition) is 5. The maximum atomic E-state index is 10.5. The molecule has 0 aliphatic rings. The van der Waals surface area contributed by atoms with Gasteiger partial charge < -0.3 is 25.5 Å². The molecule has 0 heterocycles. The minimum atomic E-state index is -1.86. The molecule has 6 heteroatoms. The number of hydrogen-bond acceptors (Lipinski definition) is 6. The Kier molecular flexibility index (Phi) is 4.95. The van der Waals surface area contributed by atoms with E-state index < -0.39 is 37.3 Å². The van der Waals surface area contributed by atoms with Crippen LogP contribution >= 0.6 is 0 Å². The van der Waals surface area contributed by atoms with Crippen molar-refractivity contribution in [2.24, 2.45) is 0 Å². The molecule has 0 aromatic rings. The highest BCUT2D eigenvalue weighted by atomic mass is 16.4. The maximum Gasteiger partial charge on any atom is 0.189 e. The van der Waals surface area contributed by atoms with Crippen molar-refractivity contribution in [1.82, 2.24) is 0 Å². The minimum absolute atomic E-state index is 0.767. The number of carbonyl (C=O) groups excluding carboxylic acids is 1. The Hall–Kier alpha value is -0.530. The molecule has 0 aromatic carbocycles. The molecule has 5 N–H and O–H groups in total. The highest BCUT2D eigenvalue weighted by molar-refractivity contribution is 5.84. The van der Waals surface area contributed by atoms with Crippen LogP contribution in [-0.4, -0.2) is 62.8 Å². The summed E-state index contributed by atoms with van der Waals surface area (Å²) in [6, 6.07) is 0. The molecule has 0 aromatic heterocycles. The fourth-order valence-corrected chi connectivity index (χ4v) is 0.602. The summed E-state index contributed by atoms with van der Waals surface area (Å²) in [6.45, 7) is -1.69. The first-order valence-electron chi connectivity index (χ1n) is 3.33. The van der Waals surface area contributed by atoms with Gasteiger partial charge in [-0.15, -0.1) is 0 Å². The van der Waals surface area contributed by atoms with E-state index in [4.69, 9.17) is 25.5 Å². The third-order valence-electron chi connectivity index (χ3n) is 1.39. The van der Waals surface area contributed by atoms with E-state index in [-0.39, 0.29) is 0 Å². The number of Topliss-reactive ketones (excluding diaryl/α,β-unsaturated/α-hetero) is 1. The molecule has 12 heavy (non-hydrogen) atoms. The molecule has 0 aliphatic heterocycles. The van der Waals surface area contributed by atoms with Gasteiger partial charge in [-0.05, 0) is 0 Å². The molecule has 72 valence electrons. The molecule has 0 spiro atoms. The molecule has 1 unspecified atom stereocenters. The van der Waals surface area contributed by atoms with Gasteiger partial charge in [0.05, 0.1) is 6.61 Å². The highest BCUT2D eigenvalue weighted by Gasteiger charge is 2.28. The summed E-state index contributed by atoms with van der Waals surface area (Å²) in [5, 5.41) is 43.1. The number of aliphatic hydroxyl groups excluding tert-OH is 5. The van der Waals surface area contributed by atoms with Crippen LogP contribution < -0.4 is 0 Å². The predicted octanol–water partition coefficient (Wildman–Crippen LogP) is -3.38. The molecule has 0 bridgehead atoms. The molecule has 0 amide bonds. The summed E-state index contributed by atoms with van der Waals surface area (Å²) in [4.78, 5) is 10.5. The van der Waals surface area contributed by atoms with Crippen LogP contribution in [0.4, 0.5) is 0 Å². The molecule has 0 saturated heterocycles. The Morgan fingerprint density at radius 1 is 1.17 bits per heavy atom. The second kappa shape index (κ2) is 5.18. The molecule has 0 fully saturated rings. The van der Waals surface area contributed by atoms with Crippen molar-refractivity contribution in [2.75, 3.05) is 13.2 Å². The maximum absolute atomic E-state index is 10.5. The normalized spacial score (nSPS) is 18.4. The van der Waals surface area contributed by atoms with Gasteiger partial charge in [0.25, 0.3) is 0 Å². The fraction of sp³-hybridized carbons (Fsp3) is 0.833. The van der Waals surface area contributed by atoms with E-state index in [9.17, 15) is 4.79 Å². The van der Waals surface area contributed by atoms with Crippen LogP contribution in [0.2, 0.25) is 0 Å². The summed E-state index contributed by atoms with van der Waals surface area (Å²) in [5.74, 6) is -1.00. The molecule has 3 atom stereocenters. The largest absolute Gasteiger partial charge is 0.394 e. The lowest BCUT2D eigenvalue weighted by Gasteiger charge is -2.19. The minimum Gasteiger partial charge on any atom is -0.394 e. The Morgan fingerprint density at radius 3 is 2.00 bits per heavy atom. The smallest absolute Gasteiger partial charge is 0.189 e. The molecule has 0 aliphatic carbocycles. The van der Waals surface area contributed by atoms with Crippen LogP contribution in [0.5, 0.6) is 0 Å². The third-order valence-corrected chi connectivity index (χ3v) is 1.39. The van der Waals surface area contributed by atoms with E-state index in [1.807, 2.05) is 0 Å². The zero-order valence-corrected chi connectivity index (χ0v) is 6.29. The van der Waals surface area contributed by atoms with Crippen molar-refractivity contribution in [1.29, 1.82) is 0 Å². The fourth-order valence-electron chi connectivity index (χ4n) is 0.602. The average Bonchev–Trinajstić information content (AvgIpc) is 2.12. The zero-order chi connectivity index (χ0) is 9.72. The van der Waals surface area contributed by atoms with Crippen molar-refractivity contribution in [3.05, 3.63) is 0 Å². The standard InChI is InChI=1S/C6H12O6/c7-1-3(9)5(11)6(12)4(10)2-8/h3,5-9,11-12H,1-2H2/t3?,5-,6-/m1/s1. The second-order valence-corrected chi connectivity index (χ2v) is 2.31. The molecule has 0 rings (SSSR count). The highest BCUT2D eigenvalue weighted by Crippen LogP contribution is 2.00. The Bertz CT molecular complexity index is 147. The van der Waals surface area contributed by atoms with Crippen molar-refractivity contribution in [3.8, 4) is 0 Å². The Morgan fingerprint density at radius 2 is 1.67 bits per heavy atom. The summed E-state index contributed by atoms with van der Waals surface area (Å²) in [5.41, 5.74) is 0. The van der Waals surface area contributed by atoms with Crippen LogP contribution in [0.1, 0.15) is 0 Å². The van der Waals surface area contributed by atoms with E-state index in [1.54, 1.807) is 0 Å². The van der Waals surface area contributed by atoms with Gasteiger partial charge in [0.2, 0.25) is 0 Å². The monoisotopic (exact) mass is 180 g/mol. The van der Waals surface area contributed by atoms with Gasteiger partial charge in [-0.3, -0.25) is 4.79 Å². The first-order chi connectivity index (χ1) is 5.54. The van der Waals surface area contributed by atoms with Gasteiger partial charge in [0, 0.05) is 0 Å². The van der Waals surface area contributed by atoms with Gasteiger partial charge in [-0.25, -0.2) is 0 Å². The lowest BCUT2D eigenvalue weighted by Crippen LogP contribution is -2.44. The van der Waals surface area contributed by atoms with Crippen LogP contribution in [0.15, 0.2) is 0 Å². The number of ketones is 1. The van der Waals surface area contributed by atoms with Crippen LogP contribution in [0.3, 0.4) is 0 Å². The van der Waals surface area contributed by atoms with Gasteiger partial charge >= 0.3 is 0 Å². The summed E-state index contributed by atoms with van der Waals surface area (Å²) < 4.78 is 0. The lowest BCUT2D eigenvalue weighted by atomic mass is 10.1. The second-order valence-electron chi connectivity index (χ2n) is 2.31. The molecule has 0 saturated carbocycles. The van der Waals surface area contributed by atoms with Crippen LogP contribution in [0.25, 0.3) is 0 Å². The van der Waals surface area contributed by atoms with E-state index >= 15 is 0 Å². The first-order valence-corrected chi connectivity index (χ1v) is 3.33. The van der Waals surface area contributed by atoms with Crippen LogP contribution in [-0.2, 0) is 4.79 Å². The van der Waals surface area contributed by atoms with E-state index in [1.165, 1.54) is 0 Å². The first kappa shape index (κ1) is 11.5. The van der Waals surface area contributed by atoms with Crippen molar-refractivity contribution < 1.29 is 30.3 Å². The zero-order valence-electron chi connectivity index (χ0n) is 6.29. The summed E-state index contributed by atoms with van der Waals surface area (Å²) >= 11 is 0. The van der Waals surface area contributed by atoms with Crippen molar-refractivity contribution in [2.45, 2.75) is 18.3 Å². The number of rotatable bonds is 5. The van der Waals surface area contributed by atoms with Crippen LogP contribution in [0, 0.1) is 0 Å². The van der Waals surface area contributed by atoms with Gasteiger partial charge in [0.15, 0.2) is 5.78 Å². The Balaban J connectivity index is 4.08. The topological polar surface area (TPSA) is 118 Å². The quantitative estimate of drug-likeness (QED) is 0.301. The van der Waals surface area contributed by atoms with Crippen molar-refractivity contribution in [3.63, 3.8) is 0 Å². The molecular weight excluding hydrogens is 168 g/mol. The summed E-state index contributed by atoms with van der Waals surface area (Å²) in [6.07, 6.45) is -5.22. The molecule has 6 nitrogen and oxygen atoms in total. The number of carbonyl (C=O) groups is 1. The lowest BCUT2D eigenvalue weighted by molar-refractivity contribution is -0.142. The number of aliphatic hydroxyl groups is 5.